The van der Waals surface area contributed by atoms with Crippen molar-refractivity contribution in [3.8, 4) is 0 Å². The Morgan fingerprint density at radius 1 is 1.27 bits per heavy atom. The van der Waals surface area contributed by atoms with Crippen LogP contribution in [0.2, 0.25) is 0 Å². The zero-order valence-electron chi connectivity index (χ0n) is 7.76. The first-order valence-electron chi connectivity index (χ1n) is 3.87. The van der Waals surface area contributed by atoms with Crippen LogP contribution >= 0.6 is 0 Å². The van der Waals surface area contributed by atoms with Crippen LogP contribution in [0.1, 0.15) is 5.56 Å². The number of nitro benzene ring substituents is 2. The van der Waals surface area contributed by atoms with Gasteiger partial charge in [0.25, 0.3) is 11.4 Å². The third-order valence-electron chi connectivity index (χ3n) is 1.93. The van der Waals surface area contributed by atoms with Crippen molar-refractivity contribution in [2.45, 2.75) is 6.92 Å². The van der Waals surface area contributed by atoms with Crippen molar-refractivity contribution in [3.05, 3.63) is 37.9 Å². The molecule has 0 saturated heterocycles. The fourth-order valence-electron chi connectivity index (χ4n) is 1.13. The SMILES string of the molecule is Cc1c(NN)cc([N+](=O)[O-])cc1[N+](=O)[O-]. The van der Waals surface area contributed by atoms with Gasteiger partial charge < -0.3 is 5.43 Å². The van der Waals surface area contributed by atoms with Crippen LogP contribution in [-0.4, -0.2) is 9.85 Å². The van der Waals surface area contributed by atoms with Gasteiger partial charge in [-0.15, -0.1) is 0 Å². The summed E-state index contributed by atoms with van der Waals surface area (Å²) in [6, 6.07) is 2.04. The maximum Gasteiger partial charge on any atom is 0.281 e. The van der Waals surface area contributed by atoms with Crippen molar-refractivity contribution in [2.75, 3.05) is 5.43 Å². The summed E-state index contributed by atoms with van der Waals surface area (Å²) in [6.45, 7) is 1.46. The van der Waals surface area contributed by atoms with Gasteiger partial charge in [0.05, 0.1) is 27.2 Å². The molecule has 80 valence electrons. The van der Waals surface area contributed by atoms with Crippen molar-refractivity contribution in [2.24, 2.45) is 5.84 Å². The highest BCUT2D eigenvalue weighted by Gasteiger charge is 2.20. The highest BCUT2D eigenvalue weighted by molar-refractivity contribution is 5.65. The summed E-state index contributed by atoms with van der Waals surface area (Å²) in [6.07, 6.45) is 0. The number of nitrogens with two attached hydrogens (primary N) is 1. The molecule has 0 aliphatic rings. The van der Waals surface area contributed by atoms with Crippen LogP contribution in [0, 0.1) is 27.2 Å². The van der Waals surface area contributed by atoms with E-state index in [1.165, 1.54) is 6.92 Å². The monoisotopic (exact) mass is 212 g/mol. The molecule has 0 aliphatic carbocycles. The Balaban J connectivity index is 3.45. The van der Waals surface area contributed by atoms with Gasteiger partial charge in [0.2, 0.25) is 0 Å². The van der Waals surface area contributed by atoms with E-state index >= 15 is 0 Å². The number of non-ortho nitro benzene ring substituents is 1. The van der Waals surface area contributed by atoms with Crippen LogP contribution in [0.3, 0.4) is 0 Å². The first-order chi connectivity index (χ1) is 6.97. The number of rotatable bonds is 3. The molecule has 8 nitrogen and oxygen atoms in total. The molecule has 0 heterocycles. The molecular formula is C7H8N4O4. The lowest BCUT2D eigenvalue weighted by atomic mass is 10.1. The van der Waals surface area contributed by atoms with E-state index in [0.29, 0.717) is 0 Å². The number of hydrogen-bond donors (Lipinski definition) is 2. The molecule has 0 fully saturated rings. The maximum absolute atomic E-state index is 10.6. The molecule has 1 aromatic rings. The van der Waals surface area contributed by atoms with E-state index in [1.54, 1.807) is 0 Å². The standard InChI is InChI=1S/C7H8N4O4/c1-4-6(9-8)2-5(10(12)13)3-7(4)11(14)15/h2-3,9H,8H2,1H3. The highest BCUT2D eigenvalue weighted by atomic mass is 16.6. The number of nitrogen functional groups attached to an aromatic ring is 1. The van der Waals surface area contributed by atoms with Crippen molar-refractivity contribution >= 4 is 17.1 Å². The molecule has 0 aromatic heterocycles. The van der Waals surface area contributed by atoms with Crippen LogP contribution in [0.15, 0.2) is 12.1 Å². The summed E-state index contributed by atoms with van der Waals surface area (Å²) in [5.41, 5.74) is 1.89. The molecule has 0 spiro atoms. The minimum Gasteiger partial charge on any atom is -0.323 e. The molecule has 0 saturated carbocycles. The normalized spacial score (nSPS) is 9.73. The molecule has 8 heteroatoms. The van der Waals surface area contributed by atoms with Crippen LogP contribution in [0.5, 0.6) is 0 Å². The summed E-state index contributed by atoms with van der Waals surface area (Å²) in [5, 5.41) is 21.0. The first kappa shape index (κ1) is 10.9. The van der Waals surface area contributed by atoms with Crippen molar-refractivity contribution in [1.82, 2.24) is 0 Å². The average molecular weight is 212 g/mol. The second-order valence-electron chi connectivity index (χ2n) is 2.80. The molecule has 0 amide bonds. The van der Waals surface area contributed by atoms with Crippen molar-refractivity contribution in [1.29, 1.82) is 0 Å². The molecule has 0 unspecified atom stereocenters. The van der Waals surface area contributed by atoms with Gasteiger partial charge in [-0.1, -0.05) is 0 Å². The molecule has 0 radical (unpaired) electrons. The number of hydrazine groups is 1. The second kappa shape index (κ2) is 3.88. The summed E-state index contributed by atoms with van der Waals surface area (Å²) >= 11 is 0. The molecule has 0 bridgehead atoms. The summed E-state index contributed by atoms with van der Waals surface area (Å²) in [4.78, 5) is 19.6. The minimum absolute atomic E-state index is 0.163. The minimum atomic E-state index is -0.715. The molecule has 15 heavy (non-hydrogen) atoms. The summed E-state index contributed by atoms with van der Waals surface area (Å²) in [5.74, 6) is 5.09. The van der Waals surface area contributed by atoms with Gasteiger partial charge in [-0.3, -0.25) is 26.1 Å². The number of hydrogen-bond acceptors (Lipinski definition) is 6. The number of benzene rings is 1. The van der Waals surface area contributed by atoms with E-state index < -0.39 is 9.85 Å². The number of nitro groups is 2. The van der Waals surface area contributed by atoms with E-state index in [9.17, 15) is 20.2 Å². The number of nitrogens with one attached hydrogen (secondary N) is 1. The lowest BCUT2D eigenvalue weighted by Crippen LogP contribution is -2.09. The maximum atomic E-state index is 10.6. The van der Waals surface area contributed by atoms with Crippen LogP contribution in [0.25, 0.3) is 0 Å². The lowest BCUT2D eigenvalue weighted by Gasteiger charge is -2.04. The number of anilines is 1. The Hall–Kier alpha value is -2.22. The first-order valence-corrected chi connectivity index (χ1v) is 3.87. The Morgan fingerprint density at radius 3 is 2.27 bits per heavy atom. The van der Waals surface area contributed by atoms with Gasteiger partial charge in [-0.25, -0.2) is 0 Å². The average Bonchev–Trinajstić information content (AvgIpc) is 2.17. The lowest BCUT2D eigenvalue weighted by molar-refractivity contribution is -0.394. The van der Waals surface area contributed by atoms with E-state index in [-0.39, 0.29) is 22.6 Å². The smallest absolute Gasteiger partial charge is 0.281 e. The predicted molar refractivity (Wildman–Crippen MR) is 52.3 cm³/mol. The highest BCUT2D eigenvalue weighted by Crippen LogP contribution is 2.30. The topological polar surface area (TPSA) is 124 Å². The Kier molecular flexibility index (Phi) is 2.81. The van der Waals surface area contributed by atoms with E-state index in [0.717, 1.165) is 12.1 Å². The van der Waals surface area contributed by atoms with Crippen LogP contribution in [0.4, 0.5) is 17.1 Å². The van der Waals surface area contributed by atoms with E-state index in [1.807, 2.05) is 0 Å². The van der Waals surface area contributed by atoms with Crippen molar-refractivity contribution < 1.29 is 9.85 Å². The van der Waals surface area contributed by atoms with Gasteiger partial charge in [0, 0.05) is 6.07 Å². The van der Waals surface area contributed by atoms with E-state index in [4.69, 9.17) is 5.84 Å². The zero-order chi connectivity index (χ0) is 11.6. The van der Waals surface area contributed by atoms with Gasteiger partial charge in [-0.2, -0.15) is 0 Å². The quantitative estimate of drug-likeness (QED) is 0.439. The summed E-state index contributed by atoms with van der Waals surface area (Å²) < 4.78 is 0. The largest absolute Gasteiger partial charge is 0.323 e. The van der Waals surface area contributed by atoms with Gasteiger partial charge in [-0.05, 0) is 6.92 Å². The molecule has 1 rings (SSSR count). The predicted octanol–water partition coefficient (Wildman–Crippen LogP) is 1.10. The van der Waals surface area contributed by atoms with Crippen LogP contribution < -0.4 is 11.3 Å². The summed E-state index contributed by atoms with van der Waals surface area (Å²) in [7, 11) is 0. The number of nitrogens with zero attached hydrogens (tertiary/aromatic N) is 2. The fourth-order valence-corrected chi connectivity index (χ4v) is 1.13. The van der Waals surface area contributed by atoms with Gasteiger partial charge in [0.15, 0.2) is 0 Å². The molecule has 3 N–H and O–H groups in total. The van der Waals surface area contributed by atoms with E-state index in [2.05, 4.69) is 5.43 Å². The van der Waals surface area contributed by atoms with Crippen molar-refractivity contribution in [3.63, 3.8) is 0 Å². The van der Waals surface area contributed by atoms with Gasteiger partial charge in [0.1, 0.15) is 0 Å². The zero-order valence-corrected chi connectivity index (χ0v) is 7.76. The molecule has 0 aliphatic heterocycles. The van der Waals surface area contributed by atoms with Crippen LogP contribution in [-0.2, 0) is 0 Å². The van der Waals surface area contributed by atoms with Gasteiger partial charge >= 0.3 is 0 Å². The Bertz CT molecular complexity index is 431. The Morgan fingerprint density at radius 2 is 1.87 bits per heavy atom. The Labute approximate surface area is 84.0 Å². The fraction of sp³-hybridized carbons (Fsp3) is 0.143. The molecule has 0 atom stereocenters. The third-order valence-corrected chi connectivity index (χ3v) is 1.93. The second-order valence-corrected chi connectivity index (χ2v) is 2.80. The third kappa shape index (κ3) is 1.99. The molecule has 1 aromatic carbocycles. The molecular weight excluding hydrogens is 204 g/mol.